The Morgan fingerprint density at radius 2 is 1.80 bits per heavy atom. The molecule has 2 aromatic carbocycles. The van der Waals surface area contributed by atoms with Crippen LogP contribution in [0.25, 0.3) is 0 Å². The minimum Gasteiger partial charge on any atom is -0.444 e. The molecule has 2 aliphatic rings. The molecule has 236 valence electrons. The summed E-state index contributed by atoms with van der Waals surface area (Å²) in [5.41, 5.74) is 1.33. The number of carbonyl (C=O) groups excluding carboxylic acids is 3. The zero-order valence-corrected chi connectivity index (χ0v) is 26.7. The number of amides is 3. The van der Waals surface area contributed by atoms with Crippen LogP contribution in [0.4, 0.5) is 20.6 Å². The van der Waals surface area contributed by atoms with Gasteiger partial charge in [0, 0.05) is 35.7 Å². The molecular weight excluding hydrogens is 610 g/mol. The molecule has 1 atom stereocenters. The molecule has 1 unspecified atom stereocenters. The Balaban J connectivity index is 1.32. The fraction of sp³-hybridized carbons (Fsp3) is 0.484. The van der Waals surface area contributed by atoms with Gasteiger partial charge in [-0.25, -0.2) is 9.18 Å². The number of nitrogens with one attached hydrogen (secondary N) is 3. The number of ether oxygens (including phenoxy) is 1. The van der Waals surface area contributed by atoms with E-state index in [9.17, 15) is 24.0 Å². The molecule has 2 aromatic rings. The van der Waals surface area contributed by atoms with Crippen LogP contribution in [-0.2, 0) is 20.7 Å². The summed E-state index contributed by atoms with van der Waals surface area (Å²) < 4.78 is 20.2. The Morgan fingerprint density at radius 1 is 1.09 bits per heavy atom. The number of hydrogen-bond acceptors (Lipinski definition) is 7. The lowest BCUT2D eigenvalue weighted by atomic mass is 9.93. The number of likely N-dealkylation sites (tertiary alicyclic amines) is 1. The van der Waals surface area contributed by atoms with Crippen LogP contribution in [0.1, 0.15) is 63.3 Å². The molecule has 0 aromatic heterocycles. The first-order valence-corrected chi connectivity index (χ1v) is 15.3. The van der Waals surface area contributed by atoms with Crippen LogP contribution in [0, 0.1) is 17.1 Å². The van der Waals surface area contributed by atoms with Crippen molar-refractivity contribution in [2.24, 2.45) is 0 Å². The van der Waals surface area contributed by atoms with Gasteiger partial charge in [-0.15, -0.1) is 0 Å². The second-order valence-electron chi connectivity index (χ2n) is 12.1. The molecule has 3 N–H and O–H groups in total. The standard InChI is InChI=1S/C31H37Cl2FN6O4/c1-18-29-19(11-21(32)13-23(29)33)5-10-40(18)28(42)16-36-26-14-25(20(15-35)12-24(26)34)38-27(41)17-39-8-6-22(7-9-39)37-30(43)44-31(2,3)4/h11-14,18,22,36H,5-10,16-17H2,1-4H3,(H,37,43)(H,38,41). The monoisotopic (exact) mass is 646 g/mol. The van der Waals surface area contributed by atoms with Crippen LogP contribution in [0.5, 0.6) is 0 Å². The number of alkyl carbamates (subject to hydrolysis) is 1. The minimum absolute atomic E-state index is 0.0171. The Labute approximate surface area is 266 Å². The topological polar surface area (TPSA) is 127 Å². The fourth-order valence-corrected chi connectivity index (χ4v) is 6.22. The third-order valence-corrected chi connectivity index (χ3v) is 8.15. The van der Waals surface area contributed by atoms with Crippen LogP contribution in [0.15, 0.2) is 24.3 Å². The molecule has 44 heavy (non-hydrogen) atoms. The van der Waals surface area contributed by atoms with Crippen molar-refractivity contribution in [3.05, 3.63) is 56.8 Å². The van der Waals surface area contributed by atoms with Gasteiger partial charge in [0.1, 0.15) is 17.5 Å². The molecule has 13 heteroatoms. The van der Waals surface area contributed by atoms with Gasteiger partial charge in [0.15, 0.2) is 0 Å². The number of hydrogen-bond donors (Lipinski definition) is 3. The number of fused-ring (bicyclic) bond motifs is 1. The van der Waals surface area contributed by atoms with E-state index in [0.29, 0.717) is 48.9 Å². The van der Waals surface area contributed by atoms with Gasteiger partial charge in [0.2, 0.25) is 11.8 Å². The number of anilines is 2. The Kier molecular flexibility index (Phi) is 10.6. The number of nitrogens with zero attached hydrogens (tertiary/aromatic N) is 3. The van der Waals surface area contributed by atoms with Crippen molar-refractivity contribution in [3.63, 3.8) is 0 Å². The average Bonchev–Trinajstić information content (AvgIpc) is 2.92. The van der Waals surface area contributed by atoms with Gasteiger partial charge in [-0.3, -0.25) is 14.5 Å². The number of rotatable bonds is 7. The summed E-state index contributed by atoms with van der Waals surface area (Å²) in [5.74, 6) is -1.35. The molecule has 2 aliphatic heterocycles. The summed E-state index contributed by atoms with van der Waals surface area (Å²) in [4.78, 5) is 41.7. The molecule has 1 fully saturated rings. The van der Waals surface area contributed by atoms with Gasteiger partial charge in [0.25, 0.3) is 0 Å². The van der Waals surface area contributed by atoms with Gasteiger partial charge in [-0.05, 0) is 82.3 Å². The predicted molar refractivity (Wildman–Crippen MR) is 167 cm³/mol. The number of carbonyl (C=O) groups is 3. The predicted octanol–water partition coefficient (Wildman–Crippen LogP) is 5.49. The number of halogens is 3. The van der Waals surface area contributed by atoms with Crippen molar-refractivity contribution in [3.8, 4) is 6.07 Å². The van der Waals surface area contributed by atoms with E-state index < -0.39 is 17.5 Å². The van der Waals surface area contributed by atoms with Gasteiger partial charge < -0.3 is 25.6 Å². The molecule has 10 nitrogen and oxygen atoms in total. The van der Waals surface area contributed by atoms with Crippen molar-refractivity contribution >= 4 is 52.5 Å². The Morgan fingerprint density at radius 3 is 2.45 bits per heavy atom. The molecular formula is C31H37Cl2FN6O4. The maximum atomic E-state index is 14.9. The fourth-order valence-electron chi connectivity index (χ4n) is 5.52. The van der Waals surface area contributed by atoms with Crippen molar-refractivity contribution in [2.45, 2.75) is 64.6 Å². The lowest BCUT2D eigenvalue weighted by Crippen LogP contribution is -2.47. The molecule has 4 rings (SSSR count). The zero-order valence-electron chi connectivity index (χ0n) is 25.2. The normalized spacial score (nSPS) is 17.3. The molecule has 2 heterocycles. The SMILES string of the molecule is CC1c2c(Cl)cc(Cl)cc2CCN1C(=O)CNc1cc(NC(=O)CN2CCC(NC(=O)OC(C)(C)C)CC2)c(C#N)cc1F. The van der Waals surface area contributed by atoms with Gasteiger partial charge >= 0.3 is 6.09 Å². The quantitative estimate of drug-likeness (QED) is 0.363. The summed E-state index contributed by atoms with van der Waals surface area (Å²) in [7, 11) is 0. The van der Waals surface area contributed by atoms with E-state index in [4.69, 9.17) is 27.9 Å². The maximum Gasteiger partial charge on any atom is 0.407 e. The van der Waals surface area contributed by atoms with Crippen LogP contribution < -0.4 is 16.0 Å². The molecule has 0 bridgehead atoms. The summed E-state index contributed by atoms with van der Waals surface area (Å²) in [6.45, 7) is 8.75. The second-order valence-corrected chi connectivity index (χ2v) is 12.9. The summed E-state index contributed by atoms with van der Waals surface area (Å²) in [5, 5.41) is 19.0. The van der Waals surface area contributed by atoms with Crippen LogP contribution in [0.3, 0.4) is 0 Å². The third kappa shape index (κ3) is 8.52. The van der Waals surface area contributed by atoms with E-state index in [1.807, 2.05) is 24.0 Å². The Bertz CT molecular complexity index is 1470. The molecule has 3 amide bonds. The summed E-state index contributed by atoms with van der Waals surface area (Å²) in [6, 6.07) is 7.42. The van der Waals surface area contributed by atoms with E-state index in [0.717, 1.165) is 17.2 Å². The Hall–Kier alpha value is -3.59. The lowest BCUT2D eigenvalue weighted by Gasteiger charge is -2.36. The first kappa shape index (κ1) is 33.3. The lowest BCUT2D eigenvalue weighted by molar-refractivity contribution is -0.131. The highest BCUT2D eigenvalue weighted by Crippen LogP contribution is 2.37. The smallest absolute Gasteiger partial charge is 0.407 e. The van der Waals surface area contributed by atoms with Crippen molar-refractivity contribution < 1.29 is 23.5 Å². The first-order valence-electron chi connectivity index (χ1n) is 14.5. The van der Waals surface area contributed by atoms with Crippen LogP contribution in [-0.4, -0.2) is 72.1 Å². The summed E-state index contributed by atoms with van der Waals surface area (Å²) in [6.07, 6.45) is 1.42. The molecule has 0 saturated carbocycles. The van der Waals surface area contributed by atoms with E-state index >= 15 is 0 Å². The highest BCUT2D eigenvalue weighted by atomic mass is 35.5. The van der Waals surface area contributed by atoms with Gasteiger partial charge in [-0.2, -0.15) is 5.26 Å². The average molecular weight is 648 g/mol. The summed E-state index contributed by atoms with van der Waals surface area (Å²) >= 11 is 12.6. The number of piperidine rings is 1. The number of nitriles is 1. The third-order valence-electron chi connectivity index (χ3n) is 7.62. The highest BCUT2D eigenvalue weighted by molar-refractivity contribution is 6.35. The van der Waals surface area contributed by atoms with Crippen molar-refractivity contribution in [1.82, 2.24) is 15.1 Å². The van der Waals surface area contributed by atoms with E-state index in [-0.39, 0.29) is 53.9 Å². The molecule has 0 aliphatic carbocycles. The highest BCUT2D eigenvalue weighted by Gasteiger charge is 2.30. The van der Waals surface area contributed by atoms with Crippen molar-refractivity contribution in [2.75, 3.05) is 43.4 Å². The maximum absolute atomic E-state index is 14.9. The van der Waals surface area contributed by atoms with Gasteiger partial charge in [0.05, 0.1) is 36.1 Å². The van der Waals surface area contributed by atoms with Crippen molar-refractivity contribution in [1.29, 1.82) is 5.26 Å². The molecule has 0 spiro atoms. The second kappa shape index (κ2) is 14.0. The van der Waals surface area contributed by atoms with Crippen LogP contribution in [0.2, 0.25) is 10.0 Å². The first-order chi connectivity index (χ1) is 20.7. The largest absolute Gasteiger partial charge is 0.444 e. The van der Waals surface area contributed by atoms with Crippen LogP contribution >= 0.6 is 23.2 Å². The minimum atomic E-state index is -0.721. The van der Waals surface area contributed by atoms with E-state index in [1.54, 1.807) is 31.7 Å². The molecule has 1 saturated heterocycles. The number of benzene rings is 2. The molecule has 0 radical (unpaired) electrons. The van der Waals surface area contributed by atoms with Gasteiger partial charge in [-0.1, -0.05) is 23.2 Å². The zero-order chi connectivity index (χ0) is 32.2. The van der Waals surface area contributed by atoms with E-state index in [2.05, 4.69) is 16.0 Å². The van der Waals surface area contributed by atoms with E-state index in [1.165, 1.54) is 6.07 Å².